The van der Waals surface area contributed by atoms with E-state index in [2.05, 4.69) is 0 Å². The molecule has 0 atom stereocenters. The van der Waals surface area contributed by atoms with Crippen LogP contribution in [0.25, 0.3) is 0 Å². The van der Waals surface area contributed by atoms with Crippen molar-refractivity contribution in [3.05, 3.63) is 51.7 Å². The fraction of sp³-hybridized carbons (Fsp3) is 0.267. The summed E-state index contributed by atoms with van der Waals surface area (Å²) in [5.74, 6) is 5.81. The van der Waals surface area contributed by atoms with Gasteiger partial charge in [-0.3, -0.25) is 11.6 Å². The minimum atomic E-state index is -4.33. The molecule has 8 heteroatoms. The fourth-order valence-electron chi connectivity index (χ4n) is 2.28. The van der Waals surface area contributed by atoms with Crippen molar-refractivity contribution in [3.8, 4) is 0 Å². The number of rotatable bonds is 1. The normalized spacial score (nSPS) is 10.9. The van der Waals surface area contributed by atoms with Gasteiger partial charge in [0.1, 0.15) is 21.3 Å². The quantitative estimate of drug-likeness (QED) is 0.458. The van der Waals surface area contributed by atoms with Crippen molar-refractivity contribution in [3.63, 3.8) is 0 Å². The van der Waals surface area contributed by atoms with Crippen molar-refractivity contribution in [1.29, 1.82) is 0 Å². The maximum absolute atomic E-state index is 10.8. The van der Waals surface area contributed by atoms with E-state index in [1.54, 1.807) is 38.2 Å². The Hall–Kier alpha value is -1.83. The van der Waals surface area contributed by atoms with Crippen LogP contribution in [0.2, 0.25) is 5.02 Å². The summed E-state index contributed by atoms with van der Waals surface area (Å²) in [6, 6.07) is 5.15. The molecule has 0 saturated heterocycles. The second-order valence-electron chi connectivity index (χ2n) is 5.34. The van der Waals surface area contributed by atoms with Gasteiger partial charge in [0.2, 0.25) is 0 Å². The summed E-state index contributed by atoms with van der Waals surface area (Å²) >= 11 is 5.69. The van der Waals surface area contributed by atoms with Crippen molar-refractivity contribution in [2.24, 2.45) is 0 Å². The predicted octanol–water partition coefficient (Wildman–Crippen LogP) is 1.75. The molecule has 0 fully saturated rings. The van der Waals surface area contributed by atoms with Crippen LogP contribution in [-0.4, -0.2) is 13.0 Å². The Bertz CT molecular complexity index is 790. The molecule has 1 aromatic carbocycles. The highest BCUT2D eigenvalue weighted by atomic mass is 35.5. The van der Waals surface area contributed by atoms with Gasteiger partial charge in [0, 0.05) is 0 Å². The van der Waals surface area contributed by atoms with Crippen LogP contribution in [0.5, 0.6) is 0 Å². The molecule has 1 aromatic heterocycles. The van der Waals surface area contributed by atoms with E-state index in [0.29, 0.717) is 22.0 Å². The number of benzene rings is 1. The Morgan fingerprint density at radius 3 is 1.91 bits per heavy atom. The standard InChI is InChI=1S/C9H12O3S.C6H8ClN3/c1-6-4-7(2)9(8(3)5-6)13(10,11)12;1-4-2-5(7)6(8)10(9)3-4/h4-5H,1-3H3,(H,10,11,12);2-3,8H,9H2,1H3. The van der Waals surface area contributed by atoms with E-state index in [1.165, 1.54) is 4.68 Å². The van der Waals surface area contributed by atoms with Crippen LogP contribution in [0.1, 0.15) is 22.3 Å². The Morgan fingerprint density at radius 2 is 1.52 bits per heavy atom. The van der Waals surface area contributed by atoms with Crippen molar-refractivity contribution >= 4 is 27.5 Å². The molecule has 0 aliphatic heterocycles. The zero-order valence-electron chi connectivity index (χ0n) is 13.4. The lowest BCUT2D eigenvalue weighted by Crippen LogP contribution is -2.47. The van der Waals surface area contributed by atoms with E-state index < -0.39 is 10.1 Å². The van der Waals surface area contributed by atoms with Gasteiger partial charge in [-0.15, -0.1) is 4.68 Å². The summed E-state index contributed by atoms with van der Waals surface area (Å²) in [5, 5.41) is 0.488. The fourth-order valence-corrected chi connectivity index (χ4v) is 3.46. The zero-order chi connectivity index (χ0) is 17.9. The number of aryl methyl sites for hydroxylation is 4. The van der Waals surface area contributed by atoms with E-state index in [9.17, 15) is 13.0 Å². The van der Waals surface area contributed by atoms with Gasteiger partial charge in [0.25, 0.3) is 0 Å². The maximum Gasteiger partial charge on any atom is 0.314 e. The molecule has 23 heavy (non-hydrogen) atoms. The average molecular weight is 358 g/mol. The van der Waals surface area contributed by atoms with Crippen molar-refractivity contribution in [1.82, 2.24) is 0 Å². The lowest BCUT2D eigenvalue weighted by Gasteiger charge is -2.14. The summed E-state index contributed by atoms with van der Waals surface area (Å²) in [6.45, 7) is 7.02. The number of nitrogen functional groups attached to an aromatic ring is 2. The number of nitrogens with two attached hydrogens (primary N) is 2. The highest BCUT2D eigenvalue weighted by Gasteiger charge is 2.09. The maximum atomic E-state index is 10.8. The number of anilines is 1. The molecule has 2 aromatic rings. The van der Waals surface area contributed by atoms with Gasteiger partial charge < -0.3 is 4.55 Å². The molecule has 0 spiro atoms. The molecule has 126 valence electrons. The Morgan fingerprint density at radius 1 is 1.04 bits per heavy atom. The van der Waals surface area contributed by atoms with Crippen molar-refractivity contribution in [2.45, 2.75) is 32.6 Å². The molecule has 0 unspecified atom stereocenters. The SMILES string of the molecule is Cc1cc(C)c(S(=O)(=O)[O-])c(C)c1.Cc1cc(Cl)c(N)[n+](N)c1. The van der Waals surface area contributed by atoms with Gasteiger partial charge in [0.15, 0.2) is 0 Å². The molecule has 0 bridgehead atoms. The van der Waals surface area contributed by atoms with Gasteiger partial charge in [-0.05, 0) is 50.5 Å². The number of hydrogen-bond donors (Lipinski definition) is 2. The first-order chi connectivity index (χ1) is 10.4. The van der Waals surface area contributed by atoms with Gasteiger partial charge >= 0.3 is 5.82 Å². The van der Waals surface area contributed by atoms with Crippen LogP contribution in [0, 0.1) is 27.7 Å². The van der Waals surface area contributed by atoms with Crippen molar-refractivity contribution < 1.29 is 17.6 Å². The molecule has 2 rings (SSSR count). The minimum absolute atomic E-state index is 0.0851. The summed E-state index contributed by atoms with van der Waals surface area (Å²) < 4.78 is 33.8. The van der Waals surface area contributed by atoms with Gasteiger partial charge in [0.05, 0.1) is 4.90 Å². The van der Waals surface area contributed by atoms with Gasteiger partial charge in [-0.1, -0.05) is 29.3 Å². The van der Waals surface area contributed by atoms with Crippen LogP contribution >= 0.6 is 11.6 Å². The van der Waals surface area contributed by atoms with Crippen LogP contribution in [0.3, 0.4) is 0 Å². The second kappa shape index (κ2) is 7.16. The van der Waals surface area contributed by atoms with E-state index in [0.717, 1.165) is 11.1 Å². The Kier molecular flexibility index (Phi) is 5.98. The number of nitrogens with zero attached hydrogens (tertiary/aromatic N) is 1. The molecule has 4 N–H and O–H groups in total. The molecular formula is C15H20ClN3O3S. The molecule has 0 saturated carbocycles. The first-order valence-corrected chi connectivity index (χ1v) is 8.48. The van der Waals surface area contributed by atoms with Gasteiger partial charge in [-0.2, -0.15) is 0 Å². The molecule has 0 amide bonds. The summed E-state index contributed by atoms with van der Waals surface area (Å²) in [4.78, 5) is -0.0851. The molecular weight excluding hydrogens is 338 g/mol. The predicted molar refractivity (Wildman–Crippen MR) is 89.6 cm³/mol. The minimum Gasteiger partial charge on any atom is -0.744 e. The lowest BCUT2D eigenvalue weighted by molar-refractivity contribution is -0.624. The zero-order valence-corrected chi connectivity index (χ0v) is 15.0. The third-order valence-electron chi connectivity index (χ3n) is 3.07. The summed E-state index contributed by atoms with van der Waals surface area (Å²) in [7, 11) is -4.33. The Labute approximate surface area is 141 Å². The van der Waals surface area contributed by atoms with Crippen LogP contribution in [0.4, 0.5) is 5.82 Å². The van der Waals surface area contributed by atoms with Crippen LogP contribution in [-0.2, 0) is 10.1 Å². The largest absolute Gasteiger partial charge is 0.744 e. The van der Waals surface area contributed by atoms with E-state index in [4.69, 9.17) is 23.2 Å². The van der Waals surface area contributed by atoms with Gasteiger partial charge in [-0.25, -0.2) is 8.42 Å². The third-order valence-corrected chi connectivity index (χ3v) is 4.52. The number of pyridine rings is 1. The number of hydrogen-bond acceptors (Lipinski definition) is 5. The summed E-state index contributed by atoms with van der Waals surface area (Å²) in [6.07, 6.45) is 1.71. The monoisotopic (exact) mass is 357 g/mol. The van der Waals surface area contributed by atoms with Crippen molar-refractivity contribution in [2.75, 3.05) is 11.6 Å². The molecule has 0 aliphatic rings. The number of aromatic nitrogens is 1. The van der Waals surface area contributed by atoms with E-state index >= 15 is 0 Å². The molecule has 0 radical (unpaired) electrons. The number of halogens is 1. The third kappa shape index (κ3) is 5.09. The Balaban J connectivity index is 0.000000238. The van der Waals surface area contributed by atoms with Crippen LogP contribution in [0.15, 0.2) is 29.3 Å². The van der Waals surface area contributed by atoms with E-state index in [-0.39, 0.29) is 4.90 Å². The summed E-state index contributed by atoms with van der Waals surface area (Å²) in [5.41, 5.74) is 8.45. The first kappa shape index (κ1) is 19.2. The first-order valence-electron chi connectivity index (χ1n) is 6.69. The van der Waals surface area contributed by atoms with Crippen LogP contribution < -0.4 is 16.3 Å². The smallest absolute Gasteiger partial charge is 0.314 e. The second-order valence-corrected chi connectivity index (χ2v) is 7.06. The highest BCUT2D eigenvalue weighted by molar-refractivity contribution is 7.85. The lowest BCUT2D eigenvalue weighted by atomic mass is 10.1. The van der Waals surface area contributed by atoms with E-state index in [1.807, 2.05) is 13.8 Å². The molecule has 6 nitrogen and oxygen atoms in total. The molecule has 1 heterocycles. The average Bonchev–Trinajstić information content (AvgIpc) is 2.33. The highest BCUT2D eigenvalue weighted by Crippen LogP contribution is 2.20. The topological polar surface area (TPSA) is 113 Å². The molecule has 0 aliphatic carbocycles.